The van der Waals surface area contributed by atoms with E-state index >= 15 is 0 Å². The number of halogens is 2. The molecule has 2 heterocycles. The summed E-state index contributed by atoms with van der Waals surface area (Å²) in [5.74, 6) is 0. The standard InChI is InChI=1S/C11H18F2N2O/c12-9-3-1-5-14(7-9)11(16)15-6-2-4-10(13)8-15/h9-10H,1-8H2. The fourth-order valence-electron chi connectivity index (χ4n) is 2.40. The number of amides is 2. The van der Waals surface area contributed by atoms with Crippen LogP contribution in [0.25, 0.3) is 0 Å². The van der Waals surface area contributed by atoms with Crippen molar-refractivity contribution in [3.05, 3.63) is 0 Å². The molecular formula is C11H18F2N2O. The van der Waals surface area contributed by atoms with Crippen molar-refractivity contribution < 1.29 is 13.6 Å². The number of hydrogen-bond donors (Lipinski definition) is 0. The van der Waals surface area contributed by atoms with Gasteiger partial charge in [0.05, 0.1) is 13.1 Å². The third-order valence-corrected chi connectivity index (χ3v) is 3.27. The van der Waals surface area contributed by atoms with E-state index in [0.717, 1.165) is 0 Å². The minimum atomic E-state index is -0.913. The van der Waals surface area contributed by atoms with Crippen LogP contribution in [-0.4, -0.2) is 54.4 Å². The molecule has 2 unspecified atom stereocenters. The predicted octanol–water partition coefficient (Wildman–Crippen LogP) is 1.97. The quantitative estimate of drug-likeness (QED) is 0.626. The van der Waals surface area contributed by atoms with Crippen molar-refractivity contribution in [1.82, 2.24) is 9.80 Å². The highest BCUT2D eigenvalue weighted by atomic mass is 19.1. The zero-order valence-corrected chi connectivity index (χ0v) is 9.37. The summed E-state index contributed by atoms with van der Waals surface area (Å²) >= 11 is 0. The van der Waals surface area contributed by atoms with Gasteiger partial charge in [-0.25, -0.2) is 13.6 Å². The zero-order chi connectivity index (χ0) is 11.5. The number of piperidine rings is 2. The maximum atomic E-state index is 13.2. The molecule has 0 radical (unpaired) electrons. The second-order valence-corrected chi connectivity index (χ2v) is 4.65. The molecule has 0 bridgehead atoms. The highest BCUT2D eigenvalue weighted by Gasteiger charge is 2.29. The van der Waals surface area contributed by atoms with E-state index < -0.39 is 12.3 Å². The highest BCUT2D eigenvalue weighted by molar-refractivity contribution is 5.74. The zero-order valence-electron chi connectivity index (χ0n) is 9.37. The Kier molecular flexibility index (Phi) is 3.61. The van der Waals surface area contributed by atoms with Gasteiger partial charge in [0, 0.05) is 13.1 Å². The van der Waals surface area contributed by atoms with Gasteiger partial charge in [0.2, 0.25) is 0 Å². The summed E-state index contributed by atoms with van der Waals surface area (Å²) in [7, 11) is 0. The van der Waals surface area contributed by atoms with Crippen LogP contribution in [0.4, 0.5) is 13.6 Å². The Morgan fingerprint density at radius 2 is 1.38 bits per heavy atom. The van der Waals surface area contributed by atoms with Crippen molar-refractivity contribution in [2.75, 3.05) is 26.2 Å². The van der Waals surface area contributed by atoms with Crippen LogP contribution in [0.1, 0.15) is 25.7 Å². The maximum Gasteiger partial charge on any atom is 0.320 e. The molecule has 5 heteroatoms. The topological polar surface area (TPSA) is 23.6 Å². The lowest BCUT2D eigenvalue weighted by molar-refractivity contribution is 0.0917. The van der Waals surface area contributed by atoms with Crippen molar-refractivity contribution in [1.29, 1.82) is 0 Å². The number of nitrogens with zero attached hydrogens (tertiary/aromatic N) is 2. The van der Waals surface area contributed by atoms with Crippen molar-refractivity contribution in [2.24, 2.45) is 0 Å². The monoisotopic (exact) mass is 232 g/mol. The number of hydrogen-bond acceptors (Lipinski definition) is 1. The molecule has 3 nitrogen and oxygen atoms in total. The Labute approximate surface area is 94.4 Å². The van der Waals surface area contributed by atoms with Crippen LogP contribution in [0.5, 0.6) is 0 Å². The molecule has 16 heavy (non-hydrogen) atoms. The molecule has 0 aromatic rings. The van der Waals surface area contributed by atoms with Gasteiger partial charge in [-0.1, -0.05) is 0 Å². The molecule has 2 amide bonds. The van der Waals surface area contributed by atoms with Gasteiger partial charge in [-0.15, -0.1) is 0 Å². The number of carbonyl (C=O) groups is 1. The molecule has 92 valence electrons. The van der Waals surface area contributed by atoms with E-state index in [-0.39, 0.29) is 19.1 Å². The second-order valence-electron chi connectivity index (χ2n) is 4.65. The molecule has 0 N–H and O–H groups in total. The fraction of sp³-hybridized carbons (Fsp3) is 0.909. The highest BCUT2D eigenvalue weighted by Crippen LogP contribution is 2.18. The minimum absolute atomic E-state index is 0.173. The average molecular weight is 232 g/mol. The van der Waals surface area contributed by atoms with Gasteiger partial charge in [-0.3, -0.25) is 0 Å². The molecule has 0 spiro atoms. The van der Waals surface area contributed by atoms with E-state index in [4.69, 9.17) is 0 Å². The molecule has 2 aliphatic heterocycles. The summed E-state index contributed by atoms with van der Waals surface area (Å²) in [5.41, 5.74) is 0. The van der Waals surface area contributed by atoms with E-state index in [1.54, 1.807) is 0 Å². The molecule has 0 aromatic heterocycles. The first-order valence-electron chi connectivity index (χ1n) is 5.99. The molecule has 0 aliphatic carbocycles. The summed E-state index contributed by atoms with van der Waals surface area (Å²) in [6, 6.07) is -0.190. The number of rotatable bonds is 0. The largest absolute Gasteiger partial charge is 0.322 e. The Balaban J connectivity index is 1.90. The van der Waals surface area contributed by atoms with Crippen molar-refractivity contribution in [3.63, 3.8) is 0 Å². The fourth-order valence-corrected chi connectivity index (χ4v) is 2.40. The third kappa shape index (κ3) is 2.62. The molecule has 2 rings (SSSR count). The summed E-state index contributed by atoms with van der Waals surface area (Å²) in [6.45, 7) is 1.55. The maximum absolute atomic E-state index is 13.2. The molecule has 2 aliphatic rings. The van der Waals surface area contributed by atoms with Gasteiger partial charge in [-0.2, -0.15) is 0 Å². The normalized spacial score (nSPS) is 31.6. The Morgan fingerprint density at radius 3 is 1.75 bits per heavy atom. The lowest BCUT2D eigenvalue weighted by Crippen LogP contribution is -2.51. The number of likely N-dealkylation sites (tertiary alicyclic amines) is 2. The van der Waals surface area contributed by atoms with E-state index in [1.165, 1.54) is 9.80 Å². The van der Waals surface area contributed by atoms with Gasteiger partial charge in [0.1, 0.15) is 12.3 Å². The minimum Gasteiger partial charge on any atom is -0.322 e. The van der Waals surface area contributed by atoms with Crippen LogP contribution in [0.2, 0.25) is 0 Å². The van der Waals surface area contributed by atoms with Crippen molar-refractivity contribution in [3.8, 4) is 0 Å². The van der Waals surface area contributed by atoms with E-state index in [2.05, 4.69) is 0 Å². The van der Waals surface area contributed by atoms with E-state index in [0.29, 0.717) is 38.8 Å². The van der Waals surface area contributed by atoms with Crippen LogP contribution in [0.15, 0.2) is 0 Å². The second kappa shape index (κ2) is 4.97. The molecule has 2 atom stereocenters. The van der Waals surface area contributed by atoms with Gasteiger partial charge in [0.15, 0.2) is 0 Å². The van der Waals surface area contributed by atoms with Crippen LogP contribution in [0, 0.1) is 0 Å². The molecular weight excluding hydrogens is 214 g/mol. The smallest absolute Gasteiger partial charge is 0.320 e. The average Bonchev–Trinajstić information content (AvgIpc) is 2.28. The molecule has 0 saturated carbocycles. The first-order chi connectivity index (χ1) is 7.66. The SMILES string of the molecule is O=C(N1CCCC(F)C1)N1CCCC(F)C1. The molecule has 2 saturated heterocycles. The lowest BCUT2D eigenvalue weighted by Gasteiger charge is -2.36. The van der Waals surface area contributed by atoms with Crippen LogP contribution < -0.4 is 0 Å². The predicted molar refractivity (Wildman–Crippen MR) is 56.8 cm³/mol. The first kappa shape index (κ1) is 11.6. The summed E-state index contributed by atoms with van der Waals surface area (Å²) < 4.78 is 26.3. The van der Waals surface area contributed by atoms with E-state index in [9.17, 15) is 13.6 Å². The van der Waals surface area contributed by atoms with Gasteiger partial charge < -0.3 is 9.80 Å². The lowest BCUT2D eigenvalue weighted by atomic mass is 10.1. The van der Waals surface area contributed by atoms with E-state index in [1.807, 2.05) is 0 Å². The number of urea groups is 1. The van der Waals surface area contributed by atoms with Gasteiger partial charge in [0.25, 0.3) is 0 Å². The summed E-state index contributed by atoms with van der Waals surface area (Å²) in [6.07, 6.45) is 0.664. The molecule has 0 aromatic carbocycles. The van der Waals surface area contributed by atoms with Crippen LogP contribution in [0.3, 0.4) is 0 Å². The van der Waals surface area contributed by atoms with Crippen LogP contribution in [-0.2, 0) is 0 Å². The summed E-state index contributed by atoms with van der Waals surface area (Å²) in [4.78, 5) is 15.0. The first-order valence-corrected chi connectivity index (χ1v) is 5.99. The number of carbonyl (C=O) groups excluding carboxylic acids is 1. The Bertz CT molecular complexity index is 238. The Hall–Kier alpha value is -0.870. The third-order valence-electron chi connectivity index (χ3n) is 3.27. The van der Waals surface area contributed by atoms with Crippen LogP contribution >= 0.6 is 0 Å². The Morgan fingerprint density at radius 1 is 0.938 bits per heavy atom. The van der Waals surface area contributed by atoms with Gasteiger partial charge >= 0.3 is 6.03 Å². The van der Waals surface area contributed by atoms with Crippen molar-refractivity contribution in [2.45, 2.75) is 38.0 Å². The summed E-state index contributed by atoms with van der Waals surface area (Å²) in [5, 5.41) is 0. The van der Waals surface area contributed by atoms with Gasteiger partial charge in [-0.05, 0) is 25.7 Å². The van der Waals surface area contributed by atoms with Crippen molar-refractivity contribution >= 4 is 6.03 Å². The molecule has 2 fully saturated rings. The number of alkyl halides is 2.